The van der Waals surface area contributed by atoms with Crippen LogP contribution in [0.3, 0.4) is 0 Å². The van der Waals surface area contributed by atoms with Gasteiger partial charge in [-0.3, -0.25) is 4.79 Å². The molecule has 0 saturated heterocycles. The minimum absolute atomic E-state index is 0.0570. The number of rotatable bonds is 4. The molecule has 2 rings (SSSR count). The van der Waals surface area contributed by atoms with E-state index in [4.69, 9.17) is 4.74 Å². The van der Waals surface area contributed by atoms with Crippen LogP contribution in [-0.4, -0.2) is 18.1 Å². The summed E-state index contributed by atoms with van der Waals surface area (Å²) in [6, 6.07) is 8.59. The molecule has 1 unspecified atom stereocenters. The lowest BCUT2D eigenvalue weighted by atomic mass is 10.1. The van der Waals surface area contributed by atoms with E-state index in [0.717, 1.165) is 0 Å². The highest BCUT2D eigenvalue weighted by Gasteiger charge is 2.18. The molecule has 0 radical (unpaired) electrons. The number of para-hydroxylation sites is 1. The number of phenols is 1. The standard InChI is InChI=1S/C17H18FNO3/c1-10-5-4-6-13(16(10)20)17(21)19-11(2)14-9-12(18)7-8-15(14)22-3/h4-9,11,20H,1-3H3,(H,19,21). The minimum atomic E-state index is -0.474. The Kier molecular flexibility index (Phi) is 4.65. The van der Waals surface area contributed by atoms with Gasteiger partial charge in [-0.05, 0) is 43.7 Å². The first-order valence-electron chi connectivity index (χ1n) is 6.87. The molecule has 0 saturated carbocycles. The molecule has 0 aliphatic carbocycles. The molecule has 2 aromatic rings. The predicted octanol–water partition coefficient (Wildman–Crippen LogP) is 3.34. The van der Waals surface area contributed by atoms with Crippen LogP contribution in [0.15, 0.2) is 36.4 Å². The monoisotopic (exact) mass is 303 g/mol. The van der Waals surface area contributed by atoms with E-state index >= 15 is 0 Å². The first-order valence-corrected chi connectivity index (χ1v) is 6.87. The number of methoxy groups -OCH3 is 1. The maximum Gasteiger partial charge on any atom is 0.255 e. The van der Waals surface area contributed by atoms with Crippen molar-refractivity contribution in [3.63, 3.8) is 0 Å². The second kappa shape index (κ2) is 6.47. The van der Waals surface area contributed by atoms with Gasteiger partial charge in [-0.25, -0.2) is 4.39 Å². The quantitative estimate of drug-likeness (QED) is 0.910. The molecule has 2 N–H and O–H groups in total. The Morgan fingerprint density at radius 1 is 1.32 bits per heavy atom. The van der Waals surface area contributed by atoms with Crippen LogP contribution in [0.5, 0.6) is 11.5 Å². The number of nitrogens with one attached hydrogen (secondary N) is 1. The van der Waals surface area contributed by atoms with Crippen LogP contribution in [0.25, 0.3) is 0 Å². The summed E-state index contributed by atoms with van der Waals surface area (Å²) in [5, 5.41) is 12.7. The molecule has 0 heterocycles. The summed E-state index contributed by atoms with van der Waals surface area (Å²) in [5.41, 5.74) is 1.33. The number of hydrogen-bond acceptors (Lipinski definition) is 3. The van der Waals surface area contributed by atoms with Gasteiger partial charge >= 0.3 is 0 Å². The van der Waals surface area contributed by atoms with Crippen molar-refractivity contribution in [3.8, 4) is 11.5 Å². The first kappa shape index (κ1) is 15.8. The van der Waals surface area contributed by atoms with Crippen molar-refractivity contribution >= 4 is 5.91 Å². The van der Waals surface area contributed by atoms with Crippen LogP contribution in [0.1, 0.15) is 34.5 Å². The van der Waals surface area contributed by atoms with E-state index in [1.807, 2.05) is 0 Å². The van der Waals surface area contributed by atoms with Crippen molar-refractivity contribution in [3.05, 3.63) is 58.9 Å². The van der Waals surface area contributed by atoms with Crippen molar-refractivity contribution in [1.82, 2.24) is 5.32 Å². The first-order chi connectivity index (χ1) is 10.4. The third kappa shape index (κ3) is 3.19. The Labute approximate surface area is 128 Å². The summed E-state index contributed by atoms with van der Waals surface area (Å²) in [4.78, 5) is 12.3. The topological polar surface area (TPSA) is 58.6 Å². The number of amides is 1. The van der Waals surface area contributed by atoms with E-state index in [2.05, 4.69) is 5.32 Å². The largest absolute Gasteiger partial charge is 0.507 e. The van der Waals surface area contributed by atoms with E-state index in [1.165, 1.54) is 31.4 Å². The molecule has 116 valence electrons. The lowest BCUT2D eigenvalue weighted by Crippen LogP contribution is -2.27. The number of aryl methyl sites for hydroxylation is 1. The van der Waals surface area contributed by atoms with Crippen molar-refractivity contribution < 1.29 is 19.0 Å². The normalized spacial score (nSPS) is 11.8. The van der Waals surface area contributed by atoms with Gasteiger partial charge in [0.2, 0.25) is 0 Å². The average molecular weight is 303 g/mol. The number of carbonyl (C=O) groups excluding carboxylic acids is 1. The highest BCUT2D eigenvalue weighted by atomic mass is 19.1. The number of halogens is 1. The molecule has 1 atom stereocenters. The molecule has 5 heteroatoms. The molecule has 0 aliphatic heterocycles. The highest BCUT2D eigenvalue weighted by molar-refractivity contribution is 5.97. The third-order valence-corrected chi connectivity index (χ3v) is 3.49. The van der Waals surface area contributed by atoms with Gasteiger partial charge in [-0.2, -0.15) is 0 Å². The molecule has 1 amide bonds. The summed E-state index contributed by atoms with van der Waals surface area (Å²) >= 11 is 0. The minimum Gasteiger partial charge on any atom is -0.507 e. The number of carbonyl (C=O) groups is 1. The van der Waals surface area contributed by atoms with E-state index in [1.54, 1.807) is 26.0 Å². The summed E-state index contributed by atoms with van der Waals surface area (Å²) in [6.07, 6.45) is 0. The van der Waals surface area contributed by atoms with Gasteiger partial charge < -0.3 is 15.2 Å². The molecule has 4 nitrogen and oxygen atoms in total. The van der Waals surface area contributed by atoms with Crippen molar-refractivity contribution in [2.24, 2.45) is 0 Å². The van der Waals surface area contributed by atoms with Gasteiger partial charge in [0.05, 0.1) is 18.7 Å². The Hall–Kier alpha value is -2.56. The van der Waals surface area contributed by atoms with Crippen molar-refractivity contribution in [1.29, 1.82) is 0 Å². The molecular weight excluding hydrogens is 285 g/mol. The molecule has 0 aliphatic rings. The molecule has 2 aromatic carbocycles. The van der Waals surface area contributed by atoms with Gasteiger partial charge in [0.15, 0.2) is 0 Å². The fourth-order valence-corrected chi connectivity index (χ4v) is 2.24. The molecular formula is C17H18FNO3. The van der Waals surface area contributed by atoms with Gasteiger partial charge in [0.1, 0.15) is 17.3 Å². The van der Waals surface area contributed by atoms with Crippen molar-refractivity contribution in [2.45, 2.75) is 19.9 Å². The van der Waals surface area contributed by atoms with Crippen LogP contribution in [-0.2, 0) is 0 Å². The Balaban J connectivity index is 2.25. The summed E-state index contributed by atoms with van der Waals surface area (Å²) in [5.74, 6) is -0.406. The van der Waals surface area contributed by atoms with Crippen LogP contribution >= 0.6 is 0 Å². The number of aromatic hydroxyl groups is 1. The summed E-state index contributed by atoms with van der Waals surface area (Å²) in [6.45, 7) is 3.44. The summed E-state index contributed by atoms with van der Waals surface area (Å²) in [7, 11) is 1.48. The molecule has 0 fully saturated rings. The number of phenolic OH excluding ortho intramolecular Hbond substituents is 1. The number of ether oxygens (including phenoxy) is 1. The van der Waals surface area contributed by atoms with E-state index < -0.39 is 17.8 Å². The van der Waals surface area contributed by atoms with Crippen molar-refractivity contribution in [2.75, 3.05) is 7.11 Å². The van der Waals surface area contributed by atoms with Gasteiger partial charge in [-0.15, -0.1) is 0 Å². The SMILES string of the molecule is COc1ccc(F)cc1C(C)NC(=O)c1cccc(C)c1O. The fourth-order valence-electron chi connectivity index (χ4n) is 2.24. The Morgan fingerprint density at radius 2 is 2.05 bits per heavy atom. The maximum absolute atomic E-state index is 13.4. The fraction of sp³-hybridized carbons (Fsp3) is 0.235. The summed E-state index contributed by atoms with van der Waals surface area (Å²) < 4.78 is 18.6. The molecule has 22 heavy (non-hydrogen) atoms. The lowest BCUT2D eigenvalue weighted by molar-refractivity contribution is 0.0936. The number of benzene rings is 2. The van der Waals surface area contributed by atoms with E-state index in [-0.39, 0.29) is 11.3 Å². The molecule has 0 spiro atoms. The zero-order valence-electron chi connectivity index (χ0n) is 12.7. The van der Waals surface area contributed by atoms with Crippen LogP contribution in [0, 0.1) is 12.7 Å². The van der Waals surface area contributed by atoms with E-state index in [0.29, 0.717) is 16.9 Å². The second-order valence-electron chi connectivity index (χ2n) is 5.05. The molecule has 0 aromatic heterocycles. The number of hydrogen-bond donors (Lipinski definition) is 2. The van der Waals surface area contributed by atoms with Gasteiger partial charge in [0.25, 0.3) is 5.91 Å². The average Bonchev–Trinajstić information content (AvgIpc) is 2.49. The zero-order valence-corrected chi connectivity index (χ0v) is 12.7. The maximum atomic E-state index is 13.4. The van der Waals surface area contributed by atoms with Gasteiger partial charge in [0, 0.05) is 5.56 Å². The van der Waals surface area contributed by atoms with Gasteiger partial charge in [-0.1, -0.05) is 12.1 Å². The van der Waals surface area contributed by atoms with Crippen LogP contribution in [0.4, 0.5) is 4.39 Å². The molecule has 0 bridgehead atoms. The Bertz CT molecular complexity index is 700. The Morgan fingerprint density at radius 3 is 2.73 bits per heavy atom. The zero-order chi connectivity index (χ0) is 16.3. The van der Waals surface area contributed by atoms with E-state index in [9.17, 15) is 14.3 Å². The lowest BCUT2D eigenvalue weighted by Gasteiger charge is -2.18. The predicted molar refractivity (Wildman–Crippen MR) is 81.7 cm³/mol. The highest BCUT2D eigenvalue weighted by Crippen LogP contribution is 2.27. The van der Waals surface area contributed by atoms with Crippen LogP contribution in [0.2, 0.25) is 0 Å². The second-order valence-corrected chi connectivity index (χ2v) is 5.05. The third-order valence-electron chi connectivity index (χ3n) is 3.49. The smallest absolute Gasteiger partial charge is 0.255 e. The van der Waals surface area contributed by atoms with Crippen LogP contribution < -0.4 is 10.1 Å².